The van der Waals surface area contributed by atoms with Crippen molar-refractivity contribution in [3.63, 3.8) is 0 Å². The molecule has 0 saturated carbocycles. The summed E-state index contributed by atoms with van der Waals surface area (Å²) in [4.78, 5) is 5.50. The lowest BCUT2D eigenvalue weighted by Gasteiger charge is -2.18. The van der Waals surface area contributed by atoms with E-state index < -0.39 is 0 Å². The van der Waals surface area contributed by atoms with Crippen molar-refractivity contribution in [1.82, 2.24) is 4.98 Å². The van der Waals surface area contributed by atoms with E-state index in [1.165, 1.54) is 5.56 Å². The lowest BCUT2D eigenvalue weighted by Crippen LogP contribution is -2.29. The number of nitrogens with zero attached hydrogens (tertiary/aromatic N) is 1. The molecule has 0 bridgehead atoms. The summed E-state index contributed by atoms with van der Waals surface area (Å²) in [7, 11) is 0. The molecule has 18 heavy (non-hydrogen) atoms. The van der Waals surface area contributed by atoms with Crippen LogP contribution in [-0.4, -0.2) is 22.7 Å². The molecule has 0 saturated heterocycles. The molecule has 0 radical (unpaired) electrons. The van der Waals surface area contributed by atoms with E-state index in [2.05, 4.69) is 36.3 Å². The highest BCUT2D eigenvalue weighted by Gasteiger charge is 2.13. The molecule has 96 valence electrons. The fraction of sp³-hybridized carbons (Fsp3) is 0.357. The van der Waals surface area contributed by atoms with Gasteiger partial charge in [-0.15, -0.1) is 0 Å². The summed E-state index contributed by atoms with van der Waals surface area (Å²) in [5.41, 5.74) is 1.17. The molecule has 1 atom stereocenters. The molecule has 0 aliphatic heterocycles. The van der Waals surface area contributed by atoms with E-state index in [0.29, 0.717) is 5.92 Å². The fourth-order valence-corrected chi connectivity index (χ4v) is 2.54. The highest BCUT2D eigenvalue weighted by molar-refractivity contribution is 7.18. The molecule has 0 fully saturated rings. The van der Waals surface area contributed by atoms with Gasteiger partial charge in [0.2, 0.25) is 0 Å². The number of thiazole rings is 1. The predicted molar refractivity (Wildman–Crippen MR) is 76.9 cm³/mol. The van der Waals surface area contributed by atoms with Crippen LogP contribution in [0.5, 0.6) is 0 Å². The molecule has 2 N–H and O–H groups in total. The van der Waals surface area contributed by atoms with Crippen molar-refractivity contribution < 1.29 is 5.11 Å². The SMILES string of the molecule is CC(C)[C@@H](CO)Nc1ncc(-c2ccccc2)s1. The minimum atomic E-state index is 0.0553. The Morgan fingerprint density at radius 2 is 2.00 bits per heavy atom. The minimum Gasteiger partial charge on any atom is -0.394 e. The number of aliphatic hydroxyl groups is 1. The smallest absolute Gasteiger partial charge is 0.183 e. The predicted octanol–water partition coefficient (Wildman–Crippen LogP) is 3.24. The Morgan fingerprint density at radius 3 is 2.61 bits per heavy atom. The monoisotopic (exact) mass is 262 g/mol. The third kappa shape index (κ3) is 3.09. The molecule has 0 amide bonds. The molecule has 1 heterocycles. The van der Waals surface area contributed by atoms with E-state index >= 15 is 0 Å². The molecular weight excluding hydrogens is 244 g/mol. The van der Waals surface area contributed by atoms with Gasteiger partial charge in [-0.1, -0.05) is 55.5 Å². The number of hydrogen-bond acceptors (Lipinski definition) is 4. The second-order valence-electron chi connectivity index (χ2n) is 4.57. The Kier molecular flexibility index (Phi) is 4.33. The third-order valence-corrected chi connectivity index (χ3v) is 3.85. The average molecular weight is 262 g/mol. The first-order valence-corrected chi connectivity index (χ1v) is 6.91. The molecule has 0 aliphatic rings. The molecular formula is C14H18N2OS. The highest BCUT2D eigenvalue weighted by atomic mass is 32.1. The van der Waals surface area contributed by atoms with E-state index in [0.717, 1.165) is 10.0 Å². The van der Waals surface area contributed by atoms with Crippen molar-refractivity contribution in [3.8, 4) is 10.4 Å². The van der Waals surface area contributed by atoms with Crippen LogP contribution in [0.15, 0.2) is 36.5 Å². The van der Waals surface area contributed by atoms with E-state index in [1.807, 2.05) is 24.4 Å². The number of rotatable bonds is 5. The number of anilines is 1. The van der Waals surface area contributed by atoms with Crippen molar-refractivity contribution in [2.75, 3.05) is 11.9 Å². The van der Waals surface area contributed by atoms with Crippen LogP contribution >= 0.6 is 11.3 Å². The van der Waals surface area contributed by atoms with Gasteiger partial charge in [0, 0.05) is 6.20 Å². The molecule has 0 unspecified atom stereocenters. The largest absolute Gasteiger partial charge is 0.394 e. The lowest BCUT2D eigenvalue weighted by molar-refractivity contribution is 0.249. The van der Waals surface area contributed by atoms with Crippen LogP contribution in [0, 0.1) is 5.92 Å². The Morgan fingerprint density at radius 1 is 1.28 bits per heavy atom. The summed E-state index contributed by atoms with van der Waals surface area (Å²) in [6.45, 7) is 4.29. The van der Waals surface area contributed by atoms with Crippen molar-refractivity contribution in [2.24, 2.45) is 5.92 Å². The lowest BCUT2D eigenvalue weighted by atomic mass is 10.1. The Hall–Kier alpha value is -1.39. The van der Waals surface area contributed by atoms with Crippen molar-refractivity contribution in [2.45, 2.75) is 19.9 Å². The summed E-state index contributed by atoms with van der Waals surface area (Å²) in [6.07, 6.45) is 1.87. The van der Waals surface area contributed by atoms with Gasteiger partial charge in [-0.2, -0.15) is 0 Å². The fourth-order valence-electron chi connectivity index (χ4n) is 1.66. The first kappa shape index (κ1) is 13.1. The molecule has 1 aromatic heterocycles. The highest BCUT2D eigenvalue weighted by Crippen LogP contribution is 2.29. The van der Waals surface area contributed by atoms with Gasteiger partial charge < -0.3 is 10.4 Å². The quantitative estimate of drug-likeness (QED) is 0.869. The number of aliphatic hydroxyl groups excluding tert-OH is 1. The molecule has 1 aromatic carbocycles. The standard InChI is InChI=1S/C14H18N2OS/c1-10(2)12(9-17)16-14-15-8-13(18-14)11-6-4-3-5-7-11/h3-8,10,12,17H,9H2,1-2H3,(H,15,16)/t12-/m1/s1. The molecule has 2 rings (SSSR count). The van der Waals surface area contributed by atoms with E-state index in [1.54, 1.807) is 11.3 Å². The maximum Gasteiger partial charge on any atom is 0.183 e. The summed E-state index contributed by atoms with van der Waals surface area (Å²) in [6, 6.07) is 10.2. The zero-order chi connectivity index (χ0) is 13.0. The number of benzene rings is 1. The minimum absolute atomic E-state index is 0.0553. The second kappa shape index (κ2) is 5.98. The van der Waals surface area contributed by atoms with Gasteiger partial charge >= 0.3 is 0 Å². The van der Waals surface area contributed by atoms with Crippen LogP contribution in [0.4, 0.5) is 5.13 Å². The maximum atomic E-state index is 9.30. The summed E-state index contributed by atoms with van der Waals surface area (Å²) < 4.78 is 0. The van der Waals surface area contributed by atoms with Crippen LogP contribution in [0.2, 0.25) is 0 Å². The summed E-state index contributed by atoms with van der Waals surface area (Å²) >= 11 is 1.61. The topological polar surface area (TPSA) is 45.1 Å². The Bertz CT molecular complexity index is 482. The Labute approximate surface area is 112 Å². The van der Waals surface area contributed by atoms with Crippen molar-refractivity contribution in [3.05, 3.63) is 36.5 Å². The zero-order valence-electron chi connectivity index (χ0n) is 10.6. The molecule has 2 aromatic rings. The van der Waals surface area contributed by atoms with E-state index in [4.69, 9.17) is 0 Å². The maximum absolute atomic E-state index is 9.30. The van der Waals surface area contributed by atoms with Crippen LogP contribution < -0.4 is 5.32 Å². The van der Waals surface area contributed by atoms with Crippen LogP contribution in [0.1, 0.15) is 13.8 Å². The second-order valence-corrected chi connectivity index (χ2v) is 5.60. The molecule has 0 spiro atoms. The van der Waals surface area contributed by atoms with Gasteiger partial charge in [0.05, 0.1) is 17.5 Å². The summed E-state index contributed by atoms with van der Waals surface area (Å²) in [5.74, 6) is 0.374. The number of nitrogens with one attached hydrogen (secondary N) is 1. The van der Waals surface area contributed by atoms with Gasteiger partial charge in [-0.25, -0.2) is 4.98 Å². The van der Waals surface area contributed by atoms with Crippen LogP contribution in [-0.2, 0) is 0 Å². The number of aromatic nitrogens is 1. The average Bonchev–Trinajstić information content (AvgIpc) is 2.85. The normalized spacial score (nSPS) is 12.7. The molecule has 0 aliphatic carbocycles. The molecule has 4 heteroatoms. The van der Waals surface area contributed by atoms with Gasteiger partial charge in [0.25, 0.3) is 0 Å². The van der Waals surface area contributed by atoms with Gasteiger partial charge in [0.15, 0.2) is 5.13 Å². The van der Waals surface area contributed by atoms with Crippen molar-refractivity contribution in [1.29, 1.82) is 0 Å². The van der Waals surface area contributed by atoms with Crippen LogP contribution in [0.25, 0.3) is 10.4 Å². The number of hydrogen-bond donors (Lipinski definition) is 2. The zero-order valence-corrected chi connectivity index (χ0v) is 11.4. The Balaban J connectivity index is 2.11. The first-order valence-electron chi connectivity index (χ1n) is 6.09. The van der Waals surface area contributed by atoms with Crippen molar-refractivity contribution >= 4 is 16.5 Å². The van der Waals surface area contributed by atoms with Gasteiger partial charge in [-0.3, -0.25) is 0 Å². The molecule has 3 nitrogen and oxygen atoms in total. The van der Waals surface area contributed by atoms with Gasteiger partial charge in [0.1, 0.15) is 0 Å². The third-order valence-electron chi connectivity index (χ3n) is 2.87. The summed E-state index contributed by atoms with van der Waals surface area (Å²) in [5, 5.41) is 13.4. The van der Waals surface area contributed by atoms with E-state index in [-0.39, 0.29) is 12.6 Å². The van der Waals surface area contributed by atoms with Gasteiger partial charge in [-0.05, 0) is 11.5 Å². The van der Waals surface area contributed by atoms with Crippen LogP contribution in [0.3, 0.4) is 0 Å². The van der Waals surface area contributed by atoms with E-state index in [9.17, 15) is 5.11 Å². The first-order chi connectivity index (χ1) is 8.70.